The van der Waals surface area contributed by atoms with Gasteiger partial charge in [0.1, 0.15) is 6.04 Å². The van der Waals surface area contributed by atoms with Crippen LogP contribution in [0.1, 0.15) is 17.5 Å². The van der Waals surface area contributed by atoms with Crippen molar-refractivity contribution in [1.82, 2.24) is 15.5 Å². The van der Waals surface area contributed by atoms with Crippen molar-refractivity contribution in [2.45, 2.75) is 46.3 Å². The smallest absolute Gasteiger partial charge is 0.244 e. The second-order valence-corrected chi connectivity index (χ2v) is 12.5. The summed E-state index contributed by atoms with van der Waals surface area (Å²) in [5, 5.41) is 16.2. The molecule has 7 nitrogen and oxygen atoms in total. The lowest BCUT2D eigenvalue weighted by Crippen LogP contribution is -2.57. The highest BCUT2D eigenvalue weighted by Crippen LogP contribution is 2.67. The summed E-state index contributed by atoms with van der Waals surface area (Å²) >= 11 is 5.35. The summed E-state index contributed by atoms with van der Waals surface area (Å²) in [7, 11) is 1.59. The zero-order chi connectivity index (χ0) is 25.4. The van der Waals surface area contributed by atoms with Gasteiger partial charge in [-0.05, 0) is 24.0 Å². The van der Waals surface area contributed by atoms with Crippen LogP contribution in [0, 0.1) is 11.8 Å². The summed E-state index contributed by atoms with van der Waals surface area (Å²) in [4.78, 5) is 42.6. The molecule has 3 N–H and O–H groups in total. The van der Waals surface area contributed by atoms with E-state index in [1.807, 2.05) is 60.7 Å². The topological polar surface area (TPSA) is 98.7 Å². The molecule has 190 valence electrons. The van der Waals surface area contributed by atoms with Crippen molar-refractivity contribution >= 4 is 45.4 Å². The van der Waals surface area contributed by atoms with E-state index in [4.69, 9.17) is 0 Å². The van der Waals surface area contributed by atoms with Crippen LogP contribution >= 0.6 is 27.7 Å². The number of carbonyl (C=O) groups excluding carboxylic acids is 3. The molecule has 5 rings (SSSR count). The van der Waals surface area contributed by atoms with Crippen molar-refractivity contribution in [3.8, 4) is 0 Å². The maximum atomic E-state index is 14.1. The number of alkyl halides is 1. The quantitative estimate of drug-likeness (QED) is 0.421. The van der Waals surface area contributed by atoms with Gasteiger partial charge in [0.2, 0.25) is 17.7 Å². The number of amides is 3. The maximum absolute atomic E-state index is 14.1. The lowest BCUT2D eigenvalue weighted by Gasteiger charge is -2.37. The monoisotopic (exact) mass is 571 g/mol. The van der Waals surface area contributed by atoms with E-state index in [1.54, 1.807) is 23.7 Å². The second-order valence-electron chi connectivity index (χ2n) is 9.75. The van der Waals surface area contributed by atoms with Crippen molar-refractivity contribution < 1.29 is 19.5 Å². The predicted octanol–water partition coefficient (Wildman–Crippen LogP) is 2.12. The SMILES string of the molecule is CNC(=O)[C@H]1[C@H]2C(=O)N([C@@H](CO)Cc3ccccc3)C(C(=O)NCc3ccccc3)C23CC(Br)[C@@H]1S3. The molecule has 2 bridgehead atoms. The van der Waals surface area contributed by atoms with E-state index in [0.717, 1.165) is 11.1 Å². The fraction of sp³-hybridized carbons (Fsp3) is 0.444. The largest absolute Gasteiger partial charge is 0.394 e. The summed E-state index contributed by atoms with van der Waals surface area (Å²) in [5.74, 6) is -1.78. The molecule has 3 heterocycles. The maximum Gasteiger partial charge on any atom is 0.244 e. The van der Waals surface area contributed by atoms with Crippen LogP contribution in [0.3, 0.4) is 0 Å². The first-order chi connectivity index (χ1) is 17.4. The molecule has 3 amide bonds. The van der Waals surface area contributed by atoms with Gasteiger partial charge in [0, 0.05) is 23.7 Å². The zero-order valence-corrected chi connectivity index (χ0v) is 22.4. The highest BCUT2D eigenvalue weighted by atomic mass is 79.9. The minimum absolute atomic E-state index is 0.0138. The first kappa shape index (κ1) is 25.3. The number of aliphatic hydroxyl groups is 1. The molecule has 9 heteroatoms. The third-order valence-electron chi connectivity index (χ3n) is 7.75. The lowest BCUT2D eigenvalue weighted by molar-refractivity contribution is -0.142. The number of hydrogen-bond acceptors (Lipinski definition) is 5. The Kier molecular flexibility index (Phi) is 7.16. The van der Waals surface area contributed by atoms with Gasteiger partial charge in [0.15, 0.2) is 0 Å². The van der Waals surface area contributed by atoms with Crippen LogP contribution in [0.4, 0.5) is 0 Å². The average molecular weight is 573 g/mol. The number of halogens is 1. The number of nitrogens with zero attached hydrogens (tertiary/aromatic N) is 1. The summed E-state index contributed by atoms with van der Waals surface area (Å²) in [5.41, 5.74) is 1.93. The molecule has 2 aromatic rings. The number of thioether (sulfide) groups is 1. The molecule has 0 saturated carbocycles. The van der Waals surface area contributed by atoms with E-state index >= 15 is 0 Å². The molecule has 36 heavy (non-hydrogen) atoms. The standard InChI is InChI=1S/C27H30BrN3O4S/c1-29-24(33)20-21-26(35)31(18(15-32)12-16-8-4-2-5-9-16)23(27(21)13-19(28)22(20)36-27)25(34)30-14-17-10-6-3-7-11-17/h2-11,18-23,32H,12-15H2,1H3,(H,29,33)(H,30,34)/t18-,19?,20+,21+,22+,23?,27?/m1/s1. The van der Waals surface area contributed by atoms with Crippen LogP contribution in [0.15, 0.2) is 60.7 Å². The molecule has 7 atom stereocenters. The Hall–Kier alpha value is -2.36. The van der Waals surface area contributed by atoms with E-state index in [9.17, 15) is 19.5 Å². The van der Waals surface area contributed by atoms with Crippen molar-refractivity contribution in [1.29, 1.82) is 0 Å². The number of aliphatic hydroxyl groups excluding tert-OH is 1. The predicted molar refractivity (Wildman–Crippen MR) is 142 cm³/mol. The van der Waals surface area contributed by atoms with Gasteiger partial charge in [-0.15, -0.1) is 11.8 Å². The Bertz CT molecular complexity index is 1140. The summed E-state index contributed by atoms with van der Waals surface area (Å²) < 4.78 is -0.738. The van der Waals surface area contributed by atoms with Gasteiger partial charge in [-0.2, -0.15) is 0 Å². The van der Waals surface area contributed by atoms with Gasteiger partial charge < -0.3 is 20.6 Å². The van der Waals surface area contributed by atoms with Crippen LogP contribution in [-0.4, -0.2) is 68.3 Å². The zero-order valence-electron chi connectivity index (χ0n) is 20.0. The number of nitrogens with one attached hydrogen (secondary N) is 2. The number of fused-ring (bicyclic) bond motifs is 1. The van der Waals surface area contributed by atoms with Crippen LogP contribution in [0.5, 0.6) is 0 Å². The number of likely N-dealkylation sites (tertiary alicyclic amines) is 1. The summed E-state index contributed by atoms with van der Waals surface area (Å²) in [6.07, 6.45) is 1.03. The first-order valence-corrected chi connectivity index (χ1v) is 14.0. The fourth-order valence-electron chi connectivity index (χ4n) is 6.25. The molecular formula is C27H30BrN3O4S. The van der Waals surface area contributed by atoms with Crippen LogP contribution < -0.4 is 10.6 Å². The molecule has 1 spiro atoms. The Morgan fingerprint density at radius 2 is 1.75 bits per heavy atom. The molecule has 0 aromatic heterocycles. The molecule has 2 aromatic carbocycles. The van der Waals surface area contributed by atoms with Crippen LogP contribution in [0.2, 0.25) is 0 Å². The van der Waals surface area contributed by atoms with Gasteiger partial charge in [-0.1, -0.05) is 76.6 Å². The van der Waals surface area contributed by atoms with E-state index in [-0.39, 0.29) is 34.4 Å². The van der Waals surface area contributed by atoms with Crippen molar-refractivity contribution in [2.24, 2.45) is 11.8 Å². The van der Waals surface area contributed by atoms with E-state index in [1.165, 1.54) is 0 Å². The minimum Gasteiger partial charge on any atom is -0.394 e. The highest BCUT2D eigenvalue weighted by molar-refractivity contribution is 9.09. The highest BCUT2D eigenvalue weighted by Gasteiger charge is 2.76. The minimum atomic E-state index is -0.788. The molecular weight excluding hydrogens is 542 g/mol. The van der Waals surface area contributed by atoms with Crippen LogP contribution in [0.25, 0.3) is 0 Å². The van der Waals surface area contributed by atoms with Crippen molar-refractivity contribution in [2.75, 3.05) is 13.7 Å². The third kappa shape index (κ3) is 4.15. The number of carbonyl (C=O) groups is 3. The number of hydrogen-bond donors (Lipinski definition) is 3. The van der Waals surface area contributed by atoms with Crippen molar-refractivity contribution in [3.05, 3.63) is 71.8 Å². The Morgan fingerprint density at radius 1 is 1.11 bits per heavy atom. The van der Waals surface area contributed by atoms with Crippen molar-refractivity contribution in [3.63, 3.8) is 0 Å². The van der Waals surface area contributed by atoms with Gasteiger partial charge in [0.25, 0.3) is 0 Å². The lowest BCUT2D eigenvalue weighted by atomic mass is 9.70. The van der Waals surface area contributed by atoms with Crippen LogP contribution in [-0.2, 0) is 27.3 Å². The molecule has 3 aliphatic rings. The van der Waals surface area contributed by atoms with Gasteiger partial charge in [0.05, 0.1) is 29.2 Å². The Labute approximate surface area is 223 Å². The van der Waals surface area contributed by atoms with E-state index in [2.05, 4.69) is 26.6 Å². The van der Waals surface area contributed by atoms with E-state index in [0.29, 0.717) is 19.4 Å². The van der Waals surface area contributed by atoms with Gasteiger partial charge in [-0.25, -0.2) is 0 Å². The fourth-order valence-corrected chi connectivity index (χ4v) is 9.85. The third-order valence-corrected chi connectivity index (χ3v) is 11.0. The Balaban J connectivity index is 1.52. The molecule has 3 aliphatic heterocycles. The molecule has 3 fully saturated rings. The molecule has 0 radical (unpaired) electrons. The van der Waals surface area contributed by atoms with Gasteiger partial charge in [-0.3, -0.25) is 14.4 Å². The summed E-state index contributed by atoms with van der Waals surface area (Å²) in [6.45, 7) is 0.0640. The molecule has 3 unspecified atom stereocenters. The second kappa shape index (κ2) is 10.2. The number of benzene rings is 2. The molecule has 3 saturated heterocycles. The Morgan fingerprint density at radius 3 is 2.36 bits per heavy atom. The van der Waals surface area contributed by atoms with Gasteiger partial charge >= 0.3 is 0 Å². The first-order valence-electron chi connectivity index (χ1n) is 12.2. The molecule has 0 aliphatic carbocycles. The summed E-state index contributed by atoms with van der Waals surface area (Å²) in [6, 6.07) is 17.9. The average Bonchev–Trinajstić information content (AvgIpc) is 3.50. The number of rotatable bonds is 8. The normalized spacial score (nSPS) is 31.2. The van der Waals surface area contributed by atoms with E-state index < -0.39 is 28.7 Å².